The lowest BCUT2D eigenvalue weighted by Gasteiger charge is -2.41. The normalized spacial score (nSPS) is 17.9. The largest absolute Gasteiger partial charge is 0.488 e. The third-order valence-corrected chi connectivity index (χ3v) is 11.8. The molecule has 14 heteroatoms. The van der Waals surface area contributed by atoms with Gasteiger partial charge in [0.1, 0.15) is 24.5 Å². The number of piperazine rings is 1. The van der Waals surface area contributed by atoms with Gasteiger partial charge in [0, 0.05) is 92.9 Å². The third kappa shape index (κ3) is 7.80. The molecule has 4 heterocycles. The molecule has 2 aromatic heterocycles. The van der Waals surface area contributed by atoms with Gasteiger partial charge in [-0.1, -0.05) is 0 Å². The van der Waals surface area contributed by atoms with Gasteiger partial charge in [-0.05, 0) is 85.6 Å². The van der Waals surface area contributed by atoms with E-state index < -0.39 is 13.0 Å². The summed E-state index contributed by atoms with van der Waals surface area (Å²) >= 11 is 3.55. The van der Waals surface area contributed by atoms with Crippen LogP contribution < -0.4 is 30.9 Å². The molecule has 3 N–H and O–H groups in total. The minimum atomic E-state index is -2.79. The van der Waals surface area contributed by atoms with Gasteiger partial charge in [-0.15, -0.1) is 0 Å². The zero-order valence-corrected chi connectivity index (χ0v) is 30.7. The van der Waals surface area contributed by atoms with Crippen LogP contribution in [0.15, 0.2) is 53.4 Å². The summed E-state index contributed by atoms with van der Waals surface area (Å²) < 4.78 is 36.2. The second kappa shape index (κ2) is 14.4. The molecule has 11 nitrogen and oxygen atoms in total. The van der Waals surface area contributed by atoms with Crippen molar-refractivity contribution in [1.29, 1.82) is 0 Å². The zero-order valence-electron chi connectivity index (χ0n) is 28.3. The van der Waals surface area contributed by atoms with Crippen molar-refractivity contribution in [1.82, 2.24) is 30.0 Å². The van der Waals surface area contributed by atoms with E-state index in [0.29, 0.717) is 33.3 Å². The Morgan fingerprint density at radius 2 is 1.78 bits per heavy atom. The lowest BCUT2D eigenvalue weighted by atomic mass is 9.95. The second-order valence-electron chi connectivity index (χ2n) is 13.6. The van der Waals surface area contributed by atoms with Crippen molar-refractivity contribution >= 4 is 57.2 Å². The van der Waals surface area contributed by atoms with Gasteiger partial charge in [-0.25, -0.2) is 9.37 Å². The van der Waals surface area contributed by atoms with E-state index >= 15 is 0 Å². The summed E-state index contributed by atoms with van der Waals surface area (Å²) in [6, 6.07) is 9.16. The average molecular weight is 753 g/mol. The quantitative estimate of drug-likeness (QED) is 0.159. The highest BCUT2D eigenvalue weighted by Gasteiger charge is 2.29. The molecule has 0 amide bonds. The van der Waals surface area contributed by atoms with Crippen molar-refractivity contribution < 1.29 is 13.7 Å². The maximum atomic E-state index is 14.1. The Bertz CT molecular complexity index is 1850. The Morgan fingerprint density at radius 3 is 2.45 bits per heavy atom. The molecular formula is C35H44BrFN9O2P. The molecule has 1 aliphatic carbocycles. The van der Waals surface area contributed by atoms with Crippen LogP contribution in [0.3, 0.4) is 0 Å². The molecule has 2 saturated heterocycles. The maximum Gasteiger partial charge on any atom is 0.229 e. The number of ether oxygens (including phenoxy) is 1. The number of aromatic nitrogens is 4. The molecule has 4 aromatic rings. The van der Waals surface area contributed by atoms with E-state index in [4.69, 9.17) is 9.72 Å². The molecule has 260 valence electrons. The highest BCUT2D eigenvalue weighted by atomic mass is 79.9. The van der Waals surface area contributed by atoms with E-state index in [1.54, 1.807) is 25.6 Å². The van der Waals surface area contributed by atoms with E-state index in [1.807, 2.05) is 24.1 Å². The molecule has 2 aliphatic heterocycles. The van der Waals surface area contributed by atoms with Crippen LogP contribution in [-0.2, 0) is 11.6 Å². The zero-order chi connectivity index (χ0) is 34.1. The summed E-state index contributed by atoms with van der Waals surface area (Å²) in [4.78, 5) is 14.5. The first kappa shape index (κ1) is 34.0. The van der Waals surface area contributed by atoms with E-state index in [2.05, 4.69) is 63.9 Å². The average Bonchev–Trinajstić information content (AvgIpc) is 3.51. The van der Waals surface area contributed by atoms with Gasteiger partial charge in [0.05, 0.1) is 28.1 Å². The summed E-state index contributed by atoms with van der Waals surface area (Å²) in [5.41, 5.74) is 4.50. The Hall–Kier alpha value is -3.51. The van der Waals surface area contributed by atoms with Gasteiger partial charge in [-0.2, -0.15) is 10.1 Å². The highest BCUT2D eigenvalue weighted by Crippen LogP contribution is 2.43. The van der Waals surface area contributed by atoms with E-state index in [-0.39, 0.29) is 6.10 Å². The smallest absolute Gasteiger partial charge is 0.229 e. The first-order chi connectivity index (χ1) is 23.6. The number of benzene rings is 2. The van der Waals surface area contributed by atoms with Crippen LogP contribution >= 0.6 is 23.1 Å². The first-order valence-corrected chi connectivity index (χ1v) is 20.5. The number of anilines is 5. The fourth-order valence-electron chi connectivity index (χ4n) is 6.82. The molecule has 2 aromatic carbocycles. The van der Waals surface area contributed by atoms with E-state index in [0.717, 1.165) is 99.6 Å². The van der Waals surface area contributed by atoms with Crippen LogP contribution in [0.2, 0.25) is 0 Å². The highest BCUT2D eigenvalue weighted by molar-refractivity contribution is 9.10. The van der Waals surface area contributed by atoms with Gasteiger partial charge in [-0.3, -0.25) is 9.58 Å². The number of nitrogens with one attached hydrogen (secondary N) is 3. The predicted octanol–water partition coefficient (Wildman–Crippen LogP) is 6.32. The van der Waals surface area contributed by atoms with Gasteiger partial charge in [0.2, 0.25) is 5.95 Å². The molecule has 3 aliphatic rings. The molecule has 3 fully saturated rings. The lowest BCUT2D eigenvalue weighted by molar-refractivity contribution is 0.121. The molecule has 0 radical (unpaired) electrons. The van der Waals surface area contributed by atoms with Crippen molar-refractivity contribution in [2.75, 3.05) is 68.1 Å². The van der Waals surface area contributed by atoms with Crippen LogP contribution in [0.1, 0.15) is 32.1 Å². The topological polar surface area (TPSA) is 112 Å². The lowest BCUT2D eigenvalue weighted by Crippen LogP contribution is -2.52. The minimum absolute atomic E-state index is 0.162. The molecule has 0 unspecified atom stereocenters. The second-order valence-corrected chi connectivity index (χ2v) is 17.6. The number of aryl methyl sites for hydroxylation is 1. The van der Waals surface area contributed by atoms with Gasteiger partial charge >= 0.3 is 0 Å². The van der Waals surface area contributed by atoms with Crippen molar-refractivity contribution in [2.45, 2.75) is 44.2 Å². The Labute approximate surface area is 295 Å². The van der Waals surface area contributed by atoms with Crippen LogP contribution in [0.4, 0.5) is 33.2 Å². The molecule has 0 spiro atoms. The molecule has 7 rings (SSSR count). The van der Waals surface area contributed by atoms with Gasteiger partial charge < -0.3 is 30.2 Å². The summed E-state index contributed by atoms with van der Waals surface area (Å²) in [6.07, 6.45) is 11.2. The van der Waals surface area contributed by atoms with Crippen molar-refractivity contribution in [2.24, 2.45) is 7.05 Å². The minimum Gasteiger partial charge on any atom is -0.488 e. The molecule has 0 bridgehead atoms. The molecule has 1 saturated carbocycles. The van der Waals surface area contributed by atoms with Crippen LogP contribution in [0, 0.1) is 5.82 Å². The Balaban J connectivity index is 1.22. The predicted molar refractivity (Wildman–Crippen MR) is 198 cm³/mol. The number of halogens is 2. The van der Waals surface area contributed by atoms with E-state index in [9.17, 15) is 8.96 Å². The summed E-state index contributed by atoms with van der Waals surface area (Å²) in [5, 5.41) is 15.1. The standard InChI is InChI=1S/C35H44BrFN9O2P/c1-44-22-23(20-40-44)27-18-30(42-35-39-21-28(36)34(43-35)41-29-8-7-24(37)17-33(29)49(2,3)47)32(48-26-5-4-6-26)19-31(27)46-13-9-25(10-14-46)45-15-11-38-12-16-45/h7-8,17-22,25-26,38H,4-6,9-16H2,1-3H3,(H2,39,41,42,43). The summed E-state index contributed by atoms with van der Waals surface area (Å²) in [6.45, 7) is 9.54. The van der Waals surface area contributed by atoms with Gasteiger partial charge in [0.25, 0.3) is 0 Å². The number of hydrogen-bond acceptors (Lipinski definition) is 10. The first-order valence-electron chi connectivity index (χ1n) is 17.1. The summed E-state index contributed by atoms with van der Waals surface area (Å²) in [7, 11) is -0.856. The fraction of sp³-hybridized carbons (Fsp3) is 0.457. The third-order valence-electron chi connectivity index (χ3n) is 9.72. The number of rotatable bonds is 10. The Morgan fingerprint density at radius 1 is 1.00 bits per heavy atom. The fourth-order valence-corrected chi connectivity index (χ4v) is 8.26. The molecule has 0 atom stereocenters. The number of nitrogens with zero attached hydrogens (tertiary/aromatic N) is 6. The van der Waals surface area contributed by atoms with Crippen molar-refractivity contribution in [3.8, 4) is 16.9 Å². The summed E-state index contributed by atoms with van der Waals surface area (Å²) in [5.74, 6) is 1.13. The van der Waals surface area contributed by atoms with E-state index in [1.165, 1.54) is 12.1 Å². The van der Waals surface area contributed by atoms with Crippen LogP contribution in [0.25, 0.3) is 11.1 Å². The number of hydrogen-bond donors (Lipinski definition) is 3. The number of piperidine rings is 1. The maximum absolute atomic E-state index is 14.1. The van der Waals surface area contributed by atoms with Crippen LogP contribution in [0.5, 0.6) is 5.75 Å². The van der Waals surface area contributed by atoms with Crippen LogP contribution in [-0.4, -0.2) is 89.4 Å². The molecular weight excluding hydrogens is 708 g/mol. The SMILES string of the molecule is Cn1cc(-c2cc(Nc3ncc(Br)c(Nc4ccc(F)cc4P(C)(C)=O)n3)c(OC3CCC3)cc2N2CCC(N3CCNCC3)CC2)cn1. The monoisotopic (exact) mass is 751 g/mol. The molecule has 49 heavy (non-hydrogen) atoms. The van der Waals surface area contributed by atoms with Crippen molar-refractivity contribution in [3.05, 3.63) is 59.2 Å². The van der Waals surface area contributed by atoms with Crippen molar-refractivity contribution in [3.63, 3.8) is 0 Å². The Kier molecular flexibility index (Phi) is 9.97. The van der Waals surface area contributed by atoms with Gasteiger partial charge in [0.15, 0.2) is 0 Å².